The van der Waals surface area contributed by atoms with Crippen molar-refractivity contribution >= 4 is 39.1 Å². The van der Waals surface area contributed by atoms with Gasteiger partial charge in [0.05, 0.1) is 10.3 Å². The number of aromatic nitrogens is 2. The molecule has 4 N–H and O–H groups in total. The Morgan fingerprint density at radius 1 is 0.975 bits per heavy atom. The summed E-state index contributed by atoms with van der Waals surface area (Å²) in [5, 5.41) is 9.45. The van der Waals surface area contributed by atoms with Crippen molar-refractivity contribution in [2.24, 2.45) is 0 Å². The second kappa shape index (κ2) is 11.1. The van der Waals surface area contributed by atoms with E-state index in [1.165, 1.54) is 0 Å². The minimum atomic E-state index is -3.61. The van der Waals surface area contributed by atoms with Crippen molar-refractivity contribution in [2.75, 3.05) is 29.0 Å². The first-order valence-corrected chi connectivity index (χ1v) is 14.6. The van der Waals surface area contributed by atoms with Gasteiger partial charge < -0.3 is 16.0 Å². The fraction of sp³-hybridized carbons (Fsp3) is 0.233. The number of rotatable bonds is 4. The van der Waals surface area contributed by atoms with Crippen LogP contribution in [0.5, 0.6) is 0 Å². The minimum absolute atomic E-state index is 0.0951. The van der Waals surface area contributed by atoms with E-state index < -0.39 is 15.4 Å². The lowest BCUT2D eigenvalue weighted by molar-refractivity contribution is -0.120. The van der Waals surface area contributed by atoms with Gasteiger partial charge in [-0.25, -0.2) is 18.1 Å². The van der Waals surface area contributed by atoms with E-state index >= 15 is 0 Å². The third kappa shape index (κ3) is 5.98. The predicted octanol–water partition coefficient (Wildman–Crippen LogP) is 5.21. The molecule has 1 aliphatic rings. The molecular formula is C30H32N6O3S. The van der Waals surface area contributed by atoms with E-state index in [2.05, 4.69) is 30.6 Å². The molecule has 3 aromatic carbocycles. The molecule has 4 bridgehead atoms. The van der Waals surface area contributed by atoms with Crippen LogP contribution in [0.3, 0.4) is 0 Å². The highest BCUT2D eigenvalue weighted by atomic mass is 32.2. The average molecular weight is 557 g/mol. The van der Waals surface area contributed by atoms with Gasteiger partial charge in [0.25, 0.3) is 0 Å². The van der Waals surface area contributed by atoms with Crippen molar-refractivity contribution in [1.29, 1.82) is 0 Å². The fourth-order valence-electron chi connectivity index (χ4n) is 4.37. The molecule has 0 unspecified atom stereocenters. The number of fused-ring (bicyclic) bond motifs is 4. The van der Waals surface area contributed by atoms with E-state index in [0.717, 1.165) is 22.3 Å². The molecular weight excluding hydrogens is 524 g/mol. The van der Waals surface area contributed by atoms with Crippen molar-refractivity contribution in [3.05, 3.63) is 90.1 Å². The average Bonchev–Trinajstić information content (AvgIpc) is 2.94. The molecule has 9 nitrogen and oxygen atoms in total. The summed E-state index contributed by atoms with van der Waals surface area (Å²) in [5.74, 6) is 0.866. The number of carbonyl (C=O) groups is 1. The lowest BCUT2D eigenvalue weighted by Gasteiger charge is -2.24. The quantitative estimate of drug-likeness (QED) is 0.272. The van der Waals surface area contributed by atoms with Crippen LogP contribution in [0.4, 0.5) is 23.1 Å². The number of anilines is 4. The molecule has 10 heteroatoms. The van der Waals surface area contributed by atoms with Crippen LogP contribution >= 0.6 is 0 Å². The monoisotopic (exact) mass is 556 g/mol. The molecule has 0 spiro atoms. The normalized spacial score (nSPS) is 14.9. The van der Waals surface area contributed by atoms with Gasteiger partial charge in [0, 0.05) is 36.2 Å². The lowest BCUT2D eigenvalue weighted by atomic mass is 9.83. The molecule has 4 aromatic rings. The Morgan fingerprint density at radius 3 is 2.48 bits per heavy atom. The van der Waals surface area contributed by atoms with Gasteiger partial charge >= 0.3 is 0 Å². The molecule has 40 heavy (non-hydrogen) atoms. The van der Waals surface area contributed by atoms with Crippen LogP contribution in [-0.2, 0) is 20.2 Å². The number of nitrogens with zero attached hydrogens (tertiary/aromatic N) is 2. The summed E-state index contributed by atoms with van der Waals surface area (Å²) in [6.45, 7) is 6.64. The zero-order chi connectivity index (χ0) is 28.3. The maximum absolute atomic E-state index is 13.1. The van der Waals surface area contributed by atoms with Gasteiger partial charge in [-0.2, -0.15) is 4.98 Å². The summed E-state index contributed by atoms with van der Waals surface area (Å²) < 4.78 is 27.9. The lowest BCUT2D eigenvalue weighted by Crippen LogP contribution is -2.34. The molecule has 0 fully saturated rings. The molecule has 0 saturated carbocycles. The number of sulfonamides is 1. The summed E-state index contributed by atoms with van der Waals surface area (Å²) in [6, 6.07) is 22.1. The van der Waals surface area contributed by atoms with Crippen molar-refractivity contribution in [2.45, 2.75) is 37.5 Å². The third-order valence-corrected chi connectivity index (χ3v) is 8.38. The third-order valence-electron chi connectivity index (χ3n) is 6.92. The first kappa shape index (κ1) is 27.3. The summed E-state index contributed by atoms with van der Waals surface area (Å²) in [5.41, 5.74) is 4.31. The largest absolute Gasteiger partial charge is 0.369 e. The van der Waals surface area contributed by atoms with Crippen LogP contribution in [-0.4, -0.2) is 37.4 Å². The standard InChI is InChI=1S/C30H32N6O3S/c1-20-8-12-22(13-9-20)30(2,3)28(37)34-23-14-10-21(11-15-23)26-19-32-29-35-24-6-4-7-25(18-24)40(38,39)33-17-5-16-31-27(26)36-29/h4,6-15,18-19,33H,5,16-17H2,1-3H3,(H,34,37)(H2,31,32,35,36). The zero-order valence-corrected chi connectivity index (χ0v) is 23.5. The Hall–Kier alpha value is -4.28. The predicted molar refractivity (Wildman–Crippen MR) is 158 cm³/mol. The summed E-state index contributed by atoms with van der Waals surface area (Å²) in [7, 11) is -3.61. The van der Waals surface area contributed by atoms with Crippen LogP contribution in [0.15, 0.2) is 83.9 Å². The number of benzene rings is 3. The van der Waals surface area contributed by atoms with Crippen LogP contribution < -0.4 is 20.7 Å². The Kier molecular flexibility index (Phi) is 7.55. The second-order valence-electron chi connectivity index (χ2n) is 10.3. The maximum atomic E-state index is 13.1. The van der Waals surface area contributed by atoms with Crippen LogP contribution in [0.25, 0.3) is 11.1 Å². The Bertz CT molecular complexity index is 1640. The first-order valence-electron chi connectivity index (χ1n) is 13.1. The van der Waals surface area contributed by atoms with Crippen molar-refractivity contribution in [3.63, 3.8) is 0 Å². The Labute approximate surface area is 234 Å². The fourth-order valence-corrected chi connectivity index (χ4v) is 5.48. The van der Waals surface area contributed by atoms with Crippen LogP contribution in [0, 0.1) is 6.92 Å². The van der Waals surface area contributed by atoms with Gasteiger partial charge in [0.15, 0.2) is 0 Å². The SMILES string of the molecule is Cc1ccc(C(C)(C)C(=O)Nc2ccc(-c3cnc4nc3NCCCNS(=O)(=O)c3cccc(c3)N4)cc2)cc1. The van der Waals surface area contributed by atoms with E-state index in [-0.39, 0.29) is 17.3 Å². The van der Waals surface area contributed by atoms with Crippen molar-refractivity contribution in [3.8, 4) is 11.1 Å². The van der Waals surface area contributed by atoms with Gasteiger partial charge in [-0.15, -0.1) is 0 Å². The number of aryl methyl sites for hydroxylation is 1. The smallest absolute Gasteiger partial charge is 0.240 e. The molecule has 1 aliphatic heterocycles. The summed E-state index contributed by atoms with van der Waals surface area (Å²) in [6.07, 6.45) is 2.29. The number of amides is 1. The highest BCUT2D eigenvalue weighted by Crippen LogP contribution is 2.30. The maximum Gasteiger partial charge on any atom is 0.240 e. The van der Waals surface area contributed by atoms with E-state index in [1.807, 2.05) is 69.3 Å². The highest BCUT2D eigenvalue weighted by Gasteiger charge is 2.29. The molecule has 206 valence electrons. The summed E-state index contributed by atoms with van der Waals surface area (Å²) >= 11 is 0. The molecule has 0 atom stereocenters. The topological polar surface area (TPSA) is 125 Å². The van der Waals surface area contributed by atoms with Crippen LogP contribution in [0.2, 0.25) is 0 Å². The first-order chi connectivity index (χ1) is 19.1. The van der Waals surface area contributed by atoms with E-state index in [4.69, 9.17) is 0 Å². The minimum Gasteiger partial charge on any atom is -0.369 e. The van der Waals surface area contributed by atoms with Gasteiger partial charge in [-0.1, -0.05) is 48.0 Å². The Balaban J connectivity index is 1.37. The molecule has 5 rings (SSSR count). The van der Waals surface area contributed by atoms with Gasteiger partial charge in [-0.05, 0) is 68.7 Å². The highest BCUT2D eigenvalue weighted by molar-refractivity contribution is 7.89. The van der Waals surface area contributed by atoms with Crippen LogP contribution in [0.1, 0.15) is 31.4 Å². The van der Waals surface area contributed by atoms with Crippen molar-refractivity contribution in [1.82, 2.24) is 14.7 Å². The number of carbonyl (C=O) groups excluding carboxylic acids is 1. The van der Waals surface area contributed by atoms with E-state index in [1.54, 1.807) is 30.5 Å². The molecule has 0 radical (unpaired) electrons. The van der Waals surface area contributed by atoms with Gasteiger partial charge in [0.1, 0.15) is 5.82 Å². The Morgan fingerprint density at radius 2 is 1.73 bits per heavy atom. The zero-order valence-electron chi connectivity index (χ0n) is 22.7. The second-order valence-corrected chi connectivity index (χ2v) is 12.1. The molecule has 1 amide bonds. The van der Waals surface area contributed by atoms with E-state index in [0.29, 0.717) is 36.1 Å². The number of hydrogen-bond donors (Lipinski definition) is 4. The molecule has 1 aromatic heterocycles. The number of nitrogens with one attached hydrogen (secondary N) is 4. The van der Waals surface area contributed by atoms with Gasteiger partial charge in [-0.3, -0.25) is 4.79 Å². The van der Waals surface area contributed by atoms with Crippen molar-refractivity contribution < 1.29 is 13.2 Å². The molecule has 0 saturated heterocycles. The molecule has 2 heterocycles. The molecule has 0 aliphatic carbocycles. The van der Waals surface area contributed by atoms with Gasteiger partial charge in [0.2, 0.25) is 21.9 Å². The number of hydrogen-bond acceptors (Lipinski definition) is 7. The van der Waals surface area contributed by atoms with E-state index in [9.17, 15) is 13.2 Å². The summed E-state index contributed by atoms with van der Waals surface area (Å²) in [4.78, 5) is 22.5.